The van der Waals surface area contributed by atoms with E-state index in [1.54, 1.807) is 0 Å². The molecule has 0 spiro atoms. The van der Waals surface area contributed by atoms with Gasteiger partial charge in [0.15, 0.2) is 0 Å². The third-order valence-corrected chi connectivity index (χ3v) is 2.15. The molecular formula is C10H13F5O2. The fourth-order valence-electron chi connectivity index (χ4n) is 1.01. The average molecular weight is 260 g/mol. The van der Waals surface area contributed by atoms with E-state index >= 15 is 0 Å². The molecular weight excluding hydrogens is 247 g/mol. The van der Waals surface area contributed by atoms with E-state index in [1.807, 2.05) is 0 Å². The molecule has 0 aliphatic carbocycles. The van der Waals surface area contributed by atoms with Crippen LogP contribution in [0.2, 0.25) is 0 Å². The minimum absolute atomic E-state index is 0.0600. The summed E-state index contributed by atoms with van der Waals surface area (Å²) in [5.41, 5.74) is -0.0600. The highest BCUT2D eigenvalue weighted by molar-refractivity contribution is 5.86. The van der Waals surface area contributed by atoms with Crippen molar-refractivity contribution in [1.29, 1.82) is 0 Å². The normalized spacial score (nSPS) is 14.3. The minimum atomic E-state index is -5.65. The zero-order valence-corrected chi connectivity index (χ0v) is 9.40. The number of hydrogen-bond donors (Lipinski definition) is 0. The Morgan fingerprint density at radius 3 is 2.06 bits per heavy atom. The molecule has 0 bridgehead atoms. The quantitative estimate of drug-likeness (QED) is 0.430. The summed E-state index contributed by atoms with van der Waals surface area (Å²) < 4.78 is 66.3. The largest absolute Gasteiger partial charge is 0.462 e. The summed E-state index contributed by atoms with van der Waals surface area (Å²) in [6.07, 6.45) is -6.11. The summed E-state index contributed by atoms with van der Waals surface area (Å²) in [4.78, 5) is 10.9. The molecule has 0 radical (unpaired) electrons. The van der Waals surface area contributed by atoms with Crippen molar-refractivity contribution in [3.05, 3.63) is 12.2 Å². The van der Waals surface area contributed by atoms with Crippen molar-refractivity contribution in [1.82, 2.24) is 0 Å². The Kier molecular flexibility index (Phi) is 5.10. The molecule has 17 heavy (non-hydrogen) atoms. The SMILES string of the molecule is C=C(C)C(=O)OCC(CC)C(F)(F)C(F)(F)F. The number of halogens is 5. The summed E-state index contributed by atoms with van der Waals surface area (Å²) in [5.74, 6) is -7.95. The molecule has 0 rings (SSSR count). The fourth-order valence-corrected chi connectivity index (χ4v) is 1.01. The molecule has 1 atom stereocenters. The van der Waals surface area contributed by atoms with E-state index in [2.05, 4.69) is 11.3 Å². The molecule has 0 amide bonds. The van der Waals surface area contributed by atoms with Crippen molar-refractivity contribution < 1.29 is 31.5 Å². The third kappa shape index (κ3) is 3.98. The van der Waals surface area contributed by atoms with Crippen LogP contribution in [0.1, 0.15) is 20.3 Å². The number of hydrogen-bond acceptors (Lipinski definition) is 2. The number of rotatable bonds is 5. The van der Waals surface area contributed by atoms with Crippen LogP contribution < -0.4 is 0 Å². The van der Waals surface area contributed by atoms with E-state index in [1.165, 1.54) is 13.8 Å². The Morgan fingerprint density at radius 1 is 1.29 bits per heavy atom. The zero-order valence-electron chi connectivity index (χ0n) is 9.40. The highest BCUT2D eigenvalue weighted by atomic mass is 19.4. The van der Waals surface area contributed by atoms with Gasteiger partial charge in [0.2, 0.25) is 0 Å². The van der Waals surface area contributed by atoms with Gasteiger partial charge < -0.3 is 4.74 Å². The van der Waals surface area contributed by atoms with E-state index in [0.717, 1.165) is 0 Å². The molecule has 0 aromatic rings. The first-order valence-corrected chi connectivity index (χ1v) is 4.81. The first-order chi connectivity index (χ1) is 7.54. The summed E-state index contributed by atoms with van der Waals surface area (Å²) in [6, 6.07) is 0. The summed E-state index contributed by atoms with van der Waals surface area (Å²) >= 11 is 0. The molecule has 0 aromatic heterocycles. The van der Waals surface area contributed by atoms with Crippen LogP contribution in [0.15, 0.2) is 12.2 Å². The number of alkyl halides is 5. The molecule has 2 nitrogen and oxygen atoms in total. The first-order valence-electron chi connectivity index (χ1n) is 4.81. The number of carbonyl (C=O) groups is 1. The van der Waals surface area contributed by atoms with E-state index in [4.69, 9.17) is 0 Å². The Morgan fingerprint density at radius 2 is 1.76 bits per heavy atom. The monoisotopic (exact) mass is 260 g/mol. The van der Waals surface area contributed by atoms with Gasteiger partial charge in [0.25, 0.3) is 0 Å². The van der Waals surface area contributed by atoms with Gasteiger partial charge in [-0.05, 0) is 13.3 Å². The molecule has 0 fully saturated rings. The van der Waals surface area contributed by atoms with Crippen LogP contribution in [0.5, 0.6) is 0 Å². The average Bonchev–Trinajstić information content (AvgIpc) is 2.15. The predicted octanol–water partition coefficient (Wildman–Crippen LogP) is 3.33. The van der Waals surface area contributed by atoms with Crippen molar-refractivity contribution in [2.45, 2.75) is 32.4 Å². The lowest BCUT2D eigenvalue weighted by Crippen LogP contribution is -2.45. The standard InChI is InChI=1S/C10H13F5O2/c1-4-7(5-17-8(16)6(2)3)9(11,12)10(13,14)15/h7H,2,4-5H2,1,3H3. The second kappa shape index (κ2) is 5.46. The lowest BCUT2D eigenvalue weighted by Gasteiger charge is -2.27. The minimum Gasteiger partial charge on any atom is -0.462 e. The highest BCUT2D eigenvalue weighted by Crippen LogP contribution is 2.42. The molecule has 0 saturated carbocycles. The molecule has 0 heterocycles. The van der Waals surface area contributed by atoms with Crippen LogP contribution in [-0.4, -0.2) is 24.7 Å². The highest BCUT2D eigenvalue weighted by Gasteiger charge is 2.61. The van der Waals surface area contributed by atoms with E-state index in [0.29, 0.717) is 0 Å². The van der Waals surface area contributed by atoms with Crippen LogP contribution in [0.4, 0.5) is 22.0 Å². The maximum absolute atomic E-state index is 12.9. The smallest absolute Gasteiger partial charge is 0.453 e. The predicted molar refractivity (Wildman–Crippen MR) is 50.6 cm³/mol. The molecule has 0 aromatic carbocycles. The van der Waals surface area contributed by atoms with Crippen molar-refractivity contribution in [3.63, 3.8) is 0 Å². The summed E-state index contributed by atoms with van der Waals surface area (Å²) in [6.45, 7) is 4.63. The Bertz CT molecular complexity index is 296. The topological polar surface area (TPSA) is 26.3 Å². The van der Waals surface area contributed by atoms with Crippen LogP contribution in [0.25, 0.3) is 0 Å². The van der Waals surface area contributed by atoms with Gasteiger partial charge >= 0.3 is 18.1 Å². The molecule has 7 heteroatoms. The third-order valence-electron chi connectivity index (χ3n) is 2.15. The molecule has 100 valence electrons. The van der Waals surface area contributed by atoms with Crippen molar-refractivity contribution in [2.24, 2.45) is 5.92 Å². The molecule has 0 saturated heterocycles. The maximum atomic E-state index is 12.9. The van der Waals surface area contributed by atoms with Crippen LogP contribution in [0, 0.1) is 5.92 Å². The van der Waals surface area contributed by atoms with Gasteiger partial charge in [-0.25, -0.2) is 4.79 Å². The zero-order chi connectivity index (χ0) is 13.9. The molecule has 0 aliphatic heterocycles. The lowest BCUT2D eigenvalue weighted by atomic mass is 9.99. The summed E-state index contributed by atoms with van der Waals surface area (Å²) in [5, 5.41) is 0. The van der Waals surface area contributed by atoms with Crippen LogP contribution in [-0.2, 0) is 9.53 Å². The van der Waals surface area contributed by atoms with Gasteiger partial charge in [-0.2, -0.15) is 22.0 Å². The van der Waals surface area contributed by atoms with Gasteiger partial charge in [-0.1, -0.05) is 13.5 Å². The van der Waals surface area contributed by atoms with Crippen molar-refractivity contribution in [3.8, 4) is 0 Å². The Hall–Kier alpha value is -1.14. The molecule has 0 N–H and O–H groups in total. The van der Waals surface area contributed by atoms with Crippen molar-refractivity contribution in [2.75, 3.05) is 6.61 Å². The summed E-state index contributed by atoms with van der Waals surface area (Å²) in [7, 11) is 0. The van der Waals surface area contributed by atoms with E-state index in [9.17, 15) is 26.7 Å². The number of carbonyl (C=O) groups excluding carboxylic acids is 1. The van der Waals surface area contributed by atoms with Gasteiger partial charge in [-0.15, -0.1) is 0 Å². The van der Waals surface area contributed by atoms with Crippen LogP contribution >= 0.6 is 0 Å². The van der Waals surface area contributed by atoms with Gasteiger partial charge in [0.1, 0.15) is 6.61 Å². The van der Waals surface area contributed by atoms with Crippen LogP contribution in [0.3, 0.4) is 0 Å². The van der Waals surface area contributed by atoms with Crippen molar-refractivity contribution >= 4 is 5.97 Å². The second-order valence-corrected chi connectivity index (χ2v) is 3.60. The second-order valence-electron chi connectivity index (χ2n) is 3.60. The number of ether oxygens (including phenoxy) is 1. The van der Waals surface area contributed by atoms with E-state index in [-0.39, 0.29) is 5.57 Å². The Balaban J connectivity index is 4.65. The van der Waals surface area contributed by atoms with E-state index < -0.39 is 37.0 Å². The van der Waals surface area contributed by atoms with Gasteiger partial charge in [-0.3, -0.25) is 0 Å². The van der Waals surface area contributed by atoms with Gasteiger partial charge in [0.05, 0.1) is 5.92 Å². The fraction of sp³-hybridized carbons (Fsp3) is 0.700. The molecule has 0 aliphatic rings. The van der Waals surface area contributed by atoms with Gasteiger partial charge in [0, 0.05) is 5.57 Å². The number of esters is 1. The first kappa shape index (κ1) is 15.9. The molecule has 1 unspecified atom stereocenters. The maximum Gasteiger partial charge on any atom is 0.453 e. The Labute approximate surface area is 95.4 Å². The lowest BCUT2D eigenvalue weighted by molar-refractivity contribution is -0.306.